The van der Waals surface area contributed by atoms with Crippen molar-refractivity contribution in [3.8, 4) is 11.1 Å². The Bertz CT molecular complexity index is 978. The number of rotatable bonds is 11. The van der Waals surface area contributed by atoms with Crippen LogP contribution in [0.2, 0.25) is 0 Å². The fourth-order valence-electron chi connectivity index (χ4n) is 4.22. The van der Waals surface area contributed by atoms with Crippen LogP contribution in [0.15, 0.2) is 48.5 Å². The summed E-state index contributed by atoms with van der Waals surface area (Å²) in [5.74, 6) is -2.07. The molecule has 3 N–H and O–H groups in total. The number of aliphatic carboxylic acids is 1. The molecular weight excluding hydrogens is 436 g/mol. The van der Waals surface area contributed by atoms with E-state index in [1.165, 1.54) is 7.11 Å². The minimum absolute atomic E-state index is 0.105. The van der Waals surface area contributed by atoms with Gasteiger partial charge >= 0.3 is 12.1 Å². The topological polar surface area (TPSA) is 114 Å². The molecule has 2 aromatic rings. The summed E-state index contributed by atoms with van der Waals surface area (Å²) in [5, 5.41) is 14.6. The summed E-state index contributed by atoms with van der Waals surface area (Å²) >= 11 is 0. The van der Waals surface area contributed by atoms with Crippen molar-refractivity contribution in [1.29, 1.82) is 0 Å². The highest BCUT2D eigenvalue weighted by atomic mass is 16.5. The van der Waals surface area contributed by atoms with E-state index in [4.69, 9.17) is 9.47 Å². The third-order valence-electron chi connectivity index (χ3n) is 6.34. The second-order valence-electron chi connectivity index (χ2n) is 8.51. The Morgan fingerprint density at radius 2 is 1.59 bits per heavy atom. The summed E-state index contributed by atoms with van der Waals surface area (Å²) in [6.07, 6.45) is 0.0210. The zero-order chi connectivity index (χ0) is 24.7. The molecule has 3 rings (SSSR count). The highest BCUT2D eigenvalue weighted by molar-refractivity contribution is 5.89. The maximum Gasteiger partial charge on any atom is 0.407 e. The quantitative estimate of drug-likeness (QED) is 0.465. The van der Waals surface area contributed by atoms with Crippen LogP contribution in [-0.4, -0.2) is 55.5 Å². The SMILES string of the molecule is CCC(C)[C@H](NC(=O)C(CCOC)NC(=O)OCC1c2ccccc2-c2ccccc21)C(=O)O. The zero-order valence-electron chi connectivity index (χ0n) is 19.7. The molecule has 182 valence electrons. The van der Waals surface area contributed by atoms with Crippen molar-refractivity contribution in [2.75, 3.05) is 20.3 Å². The molecule has 0 spiro atoms. The van der Waals surface area contributed by atoms with Crippen molar-refractivity contribution < 1.29 is 29.0 Å². The second-order valence-corrected chi connectivity index (χ2v) is 8.51. The van der Waals surface area contributed by atoms with Gasteiger partial charge in [-0.15, -0.1) is 0 Å². The van der Waals surface area contributed by atoms with E-state index in [2.05, 4.69) is 22.8 Å². The number of carbonyl (C=O) groups is 3. The number of carboxylic acids is 1. The highest BCUT2D eigenvalue weighted by Gasteiger charge is 2.31. The number of fused-ring (bicyclic) bond motifs is 3. The monoisotopic (exact) mass is 468 g/mol. The van der Waals surface area contributed by atoms with Gasteiger partial charge in [-0.3, -0.25) is 4.79 Å². The number of carboxylic acid groups (broad SMARTS) is 1. The smallest absolute Gasteiger partial charge is 0.407 e. The second kappa shape index (κ2) is 11.7. The lowest BCUT2D eigenvalue weighted by Crippen LogP contribution is -2.53. The Morgan fingerprint density at radius 3 is 2.12 bits per heavy atom. The van der Waals surface area contributed by atoms with Gasteiger partial charge in [0.1, 0.15) is 18.7 Å². The number of carbonyl (C=O) groups excluding carboxylic acids is 2. The fraction of sp³-hybridized carbons (Fsp3) is 0.423. The molecule has 0 saturated heterocycles. The molecule has 0 radical (unpaired) electrons. The van der Waals surface area contributed by atoms with Crippen LogP contribution in [0, 0.1) is 5.92 Å². The minimum atomic E-state index is -1.12. The first-order valence-corrected chi connectivity index (χ1v) is 11.5. The molecule has 1 aliphatic rings. The van der Waals surface area contributed by atoms with Crippen LogP contribution < -0.4 is 10.6 Å². The zero-order valence-corrected chi connectivity index (χ0v) is 19.7. The van der Waals surface area contributed by atoms with E-state index < -0.39 is 30.1 Å². The molecule has 0 saturated carbocycles. The third-order valence-corrected chi connectivity index (χ3v) is 6.34. The predicted molar refractivity (Wildman–Crippen MR) is 128 cm³/mol. The summed E-state index contributed by atoms with van der Waals surface area (Å²) < 4.78 is 10.6. The van der Waals surface area contributed by atoms with Crippen LogP contribution in [0.1, 0.15) is 43.7 Å². The summed E-state index contributed by atoms with van der Waals surface area (Å²) in [5.41, 5.74) is 4.41. The summed E-state index contributed by atoms with van der Waals surface area (Å²) in [6.45, 7) is 3.93. The van der Waals surface area contributed by atoms with Gasteiger partial charge in [-0.25, -0.2) is 9.59 Å². The van der Waals surface area contributed by atoms with Crippen LogP contribution in [0.4, 0.5) is 4.79 Å². The van der Waals surface area contributed by atoms with Crippen molar-refractivity contribution in [3.05, 3.63) is 59.7 Å². The number of amides is 2. The van der Waals surface area contributed by atoms with Gasteiger partial charge in [0.25, 0.3) is 0 Å². The van der Waals surface area contributed by atoms with Gasteiger partial charge in [-0.2, -0.15) is 0 Å². The number of hydrogen-bond acceptors (Lipinski definition) is 5. The molecule has 0 aliphatic heterocycles. The lowest BCUT2D eigenvalue weighted by molar-refractivity contribution is -0.143. The van der Waals surface area contributed by atoms with Crippen LogP contribution >= 0.6 is 0 Å². The summed E-state index contributed by atoms with van der Waals surface area (Å²) in [4.78, 5) is 37.0. The van der Waals surface area contributed by atoms with Gasteiger partial charge in [-0.05, 0) is 28.2 Å². The number of benzene rings is 2. The maximum atomic E-state index is 12.8. The van der Waals surface area contributed by atoms with Crippen molar-refractivity contribution in [2.24, 2.45) is 5.92 Å². The number of hydrogen-bond donors (Lipinski definition) is 3. The van der Waals surface area contributed by atoms with Gasteiger partial charge in [0.2, 0.25) is 5.91 Å². The molecule has 34 heavy (non-hydrogen) atoms. The molecule has 8 nitrogen and oxygen atoms in total. The largest absolute Gasteiger partial charge is 0.480 e. The van der Waals surface area contributed by atoms with Crippen LogP contribution in [0.25, 0.3) is 11.1 Å². The Kier molecular flexibility index (Phi) is 8.65. The average molecular weight is 469 g/mol. The molecule has 2 unspecified atom stereocenters. The van der Waals surface area contributed by atoms with Crippen molar-refractivity contribution in [2.45, 2.75) is 44.7 Å². The van der Waals surface area contributed by atoms with Crippen molar-refractivity contribution >= 4 is 18.0 Å². The molecule has 2 amide bonds. The first kappa shape index (κ1) is 25.2. The average Bonchev–Trinajstić information content (AvgIpc) is 3.16. The first-order valence-electron chi connectivity index (χ1n) is 11.5. The van der Waals surface area contributed by atoms with Crippen LogP contribution in [0.3, 0.4) is 0 Å². The number of ether oxygens (including phenoxy) is 2. The summed E-state index contributed by atoms with van der Waals surface area (Å²) in [6, 6.07) is 14.0. The van der Waals surface area contributed by atoms with Gasteiger partial charge in [0.15, 0.2) is 0 Å². The Balaban J connectivity index is 1.66. The predicted octanol–water partition coefficient (Wildman–Crippen LogP) is 3.55. The van der Waals surface area contributed by atoms with Gasteiger partial charge in [-0.1, -0.05) is 68.8 Å². The van der Waals surface area contributed by atoms with Crippen LogP contribution in [0.5, 0.6) is 0 Å². The van der Waals surface area contributed by atoms with Crippen molar-refractivity contribution in [1.82, 2.24) is 10.6 Å². The van der Waals surface area contributed by atoms with Gasteiger partial charge in [0.05, 0.1) is 0 Å². The number of alkyl carbamates (subject to hydrolysis) is 1. The van der Waals surface area contributed by atoms with E-state index in [9.17, 15) is 19.5 Å². The van der Waals surface area contributed by atoms with E-state index in [-0.39, 0.29) is 31.5 Å². The van der Waals surface area contributed by atoms with Gasteiger partial charge < -0.3 is 25.2 Å². The minimum Gasteiger partial charge on any atom is -0.480 e. The van der Waals surface area contributed by atoms with E-state index in [0.717, 1.165) is 22.3 Å². The van der Waals surface area contributed by atoms with E-state index in [1.54, 1.807) is 6.92 Å². The molecule has 3 atom stereocenters. The molecule has 1 aliphatic carbocycles. The normalized spacial score (nSPS) is 14.9. The maximum absolute atomic E-state index is 12.8. The summed E-state index contributed by atoms with van der Waals surface area (Å²) in [7, 11) is 1.49. The Labute approximate surface area is 199 Å². The van der Waals surface area contributed by atoms with E-state index in [0.29, 0.717) is 6.42 Å². The standard InChI is InChI=1S/C26H32N2O6/c1-4-16(2)23(25(30)31)28-24(29)22(13-14-33-3)27-26(32)34-15-21-19-11-7-5-9-17(19)18-10-6-8-12-20(18)21/h5-12,16,21-23H,4,13-15H2,1-3H3,(H,27,32)(H,28,29)(H,30,31)/t16?,22?,23-/m0/s1. The Morgan fingerprint density at radius 1 is 1.00 bits per heavy atom. The fourth-order valence-corrected chi connectivity index (χ4v) is 4.22. The molecule has 0 bridgehead atoms. The van der Waals surface area contributed by atoms with Gasteiger partial charge in [0, 0.05) is 26.1 Å². The molecule has 0 fully saturated rings. The lowest BCUT2D eigenvalue weighted by atomic mass is 9.98. The molecular formula is C26H32N2O6. The lowest BCUT2D eigenvalue weighted by Gasteiger charge is -2.24. The van der Waals surface area contributed by atoms with Crippen molar-refractivity contribution in [3.63, 3.8) is 0 Å². The van der Waals surface area contributed by atoms with Crippen LogP contribution in [-0.2, 0) is 19.1 Å². The number of nitrogens with one attached hydrogen (secondary N) is 2. The van der Waals surface area contributed by atoms with E-state index in [1.807, 2.05) is 43.3 Å². The Hall–Kier alpha value is -3.39. The molecule has 2 aromatic carbocycles. The third kappa shape index (κ3) is 5.75. The number of methoxy groups -OCH3 is 1. The highest BCUT2D eigenvalue weighted by Crippen LogP contribution is 2.44. The molecule has 0 heterocycles. The van der Waals surface area contributed by atoms with E-state index >= 15 is 0 Å². The first-order chi connectivity index (χ1) is 16.4. The molecule has 0 aromatic heterocycles. The molecule has 8 heteroatoms.